The minimum Gasteiger partial charge on any atom is -0.481 e. The standard InChI is InChI=1S/C12H14N2O6/c1-8(15)13-10-4-2-9(3-5-10)11(12(16)17)6-7-20-14(18)19/h2-5,11H,6-7H2,1H3,(H,13,15)(H,16,17). The molecule has 0 aliphatic heterocycles. The van der Waals surface area contributed by atoms with E-state index in [0.717, 1.165) is 0 Å². The Morgan fingerprint density at radius 2 is 2.00 bits per heavy atom. The highest BCUT2D eigenvalue weighted by Crippen LogP contribution is 2.22. The van der Waals surface area contributed by atoms with Crippen LogP contribution < -0.4 is 5.32 Å². The Morgan fingerprint density at radius 1 is 1.40 bits per heavy atom. The smallest absolute Gasteiger partial charge is 0.311 e. The molecule has 0 saturated heterocycles. The van der Waals surface area contributed by atoms with Crippen LogP contribution in [0.15, 0.2) is 24.3 Å². The maximum Gasteiger partial charge on any atom is 0.311 e. The number of carboxylic acids is 1. The highest BCUT2D eigenvalue weighted by atomic mass is 16.9. The summed E-state index contributed by atoms with van der Waals surface area (Å²) in [7, 11) is 0. The monoisotopic (exact) mass is 282 g/mol. The molecule has 1 unspecified atom stereocenters. The van der Waals surface area contributed by atoms with Gasteiger partial charge in [0.1, 0.15) is 0 Å². The molecule has 0 saturated carbocycles. The third kappa shape index (κ3) is 4.92. The maximum absolute atomic E-state index is 11.1. The molecule has 1 amide bonds. The lowest BCUT2D eigenvalue weighted by Gasteiger charge is -2.12. The van der Waals surface area contributed by atoms with Crippen LogP contribution in [0, 0.1) is 10.1 Å². The molecule has 0 aliphatic rings. The summed E-state index contributed by atoms with van der Waals surface area (Å²) >= 11 is 0. The van der Waals surface area contributed by atoms with E-state index < -0.39 is 17.0 Å². The second kappa shape index (κ2) is 7.07. The first-order chi connectivity index (χ1) is 9.40. The van der Waals surface area contributed by atoms with Crippen molar-refractivity contribution in [1.82, 2.24) is 0 Å². The van der Waals surface area contributed by atoms with E-state index in [1.54, 1.807) is 24.3 Å². The van der Waals surface area contributed by atoms with Crippen molar-refractivity contribution in [3.05, 3.63) is 39.9 Å². The number of nitrogens with zero attached hydrogens (tertiary/aromatic N) is 1. The fourth-order valence-corrected chi connectivity index (χ4v) is 1.68. The summed E-state index contributed by atoms with van der Waals surface area (Å²) < 4.78 is 0. The van der Waals surface area contributed by atoms with E-state index in [9.17, 15) is 19.7 Å². The molecule has 8 nitrogen and oxygen atoms in total. The molecule has 0 radical (unpaired) electrons. The summed E-state index contributed by atoms with van der Waals surface area (Å²) in [6.45, 7) is 1.07. The molecule has 0 fully saturated rings. The van der Waals surface area contributed by atoms with Crippen molar-refractivity contribution >= 4 is 17.6 Å². The minimum absolute atomic E-state index is 0.0181. The predicted octanol–water partition coefficient (Wildman–Crippen LogP) is 1.41. The number of amides is 1. The van der Waals surface area contributed by atoms with Crippen LogP contribution in [0.4, 0.5) is 5.69 Å². The lowest BCUT2D eigenvalue weighted by Crippen LogP contribution is -2.15. The largest absolute Gasteiger partial charge is 0.481 e. The number of carboxylic acid groups (broad SMARTS) is 1. The summed E-state index contributed by atoms with van der Waals surface area (Å²) in [4.78, 5) is 36.2. The third-order valence-electron chi connectivity index (χ3n) is 2.53. The van der Waals surface area contributed by atoms with Crippen LogP contribution >= 0.6 is 0 Å². The molecule has 20 heavy (non-hydrogen) atoms. The van der Waals surface area contributed by atoms with Crippen LogP contribution in [0.25, 0.3) is 0 Å². The Hall–Kier alpha value is -2.64. The number of nitrogens with one attached hydrogen (secondary N) is 1. The van der Waals surface area contributed by atoms with Crippen LogP contribution in [0.5, 0.6) is 0 Å². The van der Waals surface area contributed by atoms with E-state index in [0.29, 0.717) is 11.3 Å². The summed E-state index contributed by atoms with van der Waals surface area (Å²) in [5.74, 6) is -2.22. The molecule has 108 valence electrons. The number of carbonyl (C=O) groups excluding carboxylic acids is 1. The van der Waals surface area contributed by atoms with E-state index in [1.807, 2.05) is 0 Å². The lowest BCUT2D eigenvalue weighted by atomic mass is 9.96. The van der Waals surface area contributed by atoms with E-state index in [2.05, 4.69) is 10.2 Å². The Bertz CT molecular complexity index is 499. The zero-order valence-electron chi connectivity index (χ0n) is 10.7. The third-order valence-corrected chi connectivity index (χ3v) is 2.53. The number of rotatable bonds is 7. The van der Waals surface area contributed by atoms with Crippen molar-refractivity contribution in [3.63, 3.8) is 0 Å². The lowest BCUT2D eigenvalue weighted by molar-refractivity contribution is -0.757. The van der Waals surface area contributed by atoms with Gasteiger partial charge >= 0.3 is 5.97 Å². The van der Waals surface area contributed by atoms with Crippen LogP contribution in [0.3, 0.4) is 0 Å². The van der Waals surface area contributed by atoms with Crippen molar-refractivity contribution in [2.45, 2.75) is 19.3 Å². The van der Waals surface area contributed by atoms with E-state index in [4.69, 9.17) is 5.11 Å². The molecule has 0 heterocycles. The van der Waals surface area contributed by atoms with Crippen molar-refractivity contribution in [2.75, 3.05) is 11.9 Å². The molecular formula is C12H14N2O6. The first-order valence-electron chi connectivity index (χ1n) is 5.78. The molecule has 2 N–H and O–H groups in total. The number of carbonyl (C=O) groups is 2. The zero-order valence-corrected chi connectivity index (χ0v) is 10.7. The number of benzene rings is 1. The molecular weight excluding hydrogens is 268 g/mol. The average Bonchev–Trinajstić information content (AvgIpc) is 2.34. The van der Waals surface area contributed by atoms with E-state index in [1.165, 1.54) is 6.92 Å². The SMILES string of the molecule is CC(=O)Nc1ccc(C(CCO[N+](=O)[O-])C(=O)O)cc1. The van der Waals surface area contributed by atoms with E-state index in [-0.39, 0.29) is 18.9 Å². The predicted molar refractivity (Wildman–Crippen MR) is 68.7 cm³/mol. The second-order valence-corrected chi connectivity index (χ2v) is 4.04. The molecule has 1 rings (SSSR count). The second-order valence-electron chi connectivity index (χ2n) is 4.04. The highest BCUT2D eigenvalue weighted by Gasteiger charge is 2.20. The molecule has 8 heteroatoms. The molecule has 0 bridgehead atoms. The molecule has 1 aromatic carbocycles. The molecule has 0 aromatic heterocycles. The zero-order chi connectivity index (χ0) is 15.1. The summed E-state index contributed by atoms with van der Waals surface area (Å²) in [6.07, 6.45) is -0.0181. The Balaban J connectivity index is 2.73. The molecule has 0 aliphatic carbocycles. The van der Waals surface area contributed by atoms with Crippen molar-refractivity contribution in [2.24, 2.45) is 0 Å². The summed E-state index contributed by atoms with van der Waals surface area (Å²) in [6, 6.07) is 6.24. The number of hydrogen-bond donors (Lipinski definition) is 2. The summed E-state index contributed by atoms with van der Waals surface area (Å²) in [5, 5.41) is 20.7. The van der Waals surface area contributed by atoms with Gasteiger partial charge in [0.05, 0.1) is 12.5 Å². The van der Waals surface area contributed by atoms with Crippen molar-refractivity contribution in [3.8, 4) is 0 Å². The van der Waals surface area contributed by atoms with Gasteiger partial charge in [-0.3, -0.25) is 9.59 Å². The normalized spacial score (nSPS) is 11.4. The van der Waals surface area contributed by atoms with Gasteiger partial charge in [-0.15, -0.1) is 10.1 Å². The average molecular weight is 282 g/mol. The Labute approximate surface area is 114 Å². The van der Waals surface area contributed by atoms with Gasteiger partial charge in [-0.2, -0.15) is 0 Å². The van der Waals surface area contributed by atoms with Crippen molar-refractivity contribution < 1.29 is 24.6 Å². The van der Waals surface area contributed by atoms with Gasteiger partial charge in [0.2, 0.25) is 5.91 Å². The molecule has 1 atom stereocenters. The maximum atomic E-state index is 11.1. The number of anilines is 1. The van der Waals surface area contributed by atoms with Gasteiger partial charge in [-0.05, 0) is 24.1 Å². The van der Waals surface area contributed by atoms with Gasteiger partial charge in [-0.1, -0.05) is 12.1 Å². The molecule has 1 aromatic rings. The highest BCUT2D eigenvalue weighted by molar-refractivity contribution is 5.88. The Morgan fingerprint density at radius 3 is 2.45 bits per heavy atom. The summed E-state index contributed by atoms with van der Waals surface area (Å²) in [5.41, 5.74) is 1.03. The fraction of sp³-hybridized carbons (Fsp3) is 0.333. The first kappa shape index (κ1) is 15.4. The van der Waals surface area contributed by atoms with Crippen LogP contribution in [0.1, 0.15) is 24.8 Å². The quantitative estimate of drug-likeness (QED) is 0.576. The van der Waals surface area contributed by atoms with Crippen LogP contribution in [0.2, 0.25) is 0 Å². The van der Waals surface area contributed by atoms with Gasteiger partial charge < -0.3 is 15.3 Å². The number of hydrogen-bond acceptors (Lipinski definition) is 5. The van der Waals surface area contributed by atoms with Crippen LogP contribution in [-0.2, 0) is 14.4 Å². The first-order valence-corrected chi connectivity index (χ1v) is 5.78. The van der Waals surface area contributed by atoms with Crippen molar-refractivity contribution in [1.29, 1.82) is 0 Å². The van der Waals surface area contributed by atoms with Gasteiger partial charge in [0.15, 0.2) is 0 Å². The molecule has 0 spiro atoms. The van der Waals surface area contributed by atoms with Crippen LogP contribution in [-0.4, -0.2) is 28.7 Å². The fourth-order valence-electron chi connectivity index (χ4n) is 1.68. The van der Waals surface area contributed by atoms with E-state index >= 15 is 0 Å². The number of aliphatic carboxylic acids is 1. The minimum atomic E-state index is -1.09. The topological polar surface area (TPSA) is 119 Å². The van der Waals surface area contributed by atoms with Gasteiger partial charge in [0, 0.05) is 12.6 Å². The van der Waals surface area contributed by atoms with Gasteiger partial charge in [0.25, 0.3) is 5.09 Å². The van der Waals surface area contributed by atoms with Gasteiger partial charge in [-0.25, -0.2) is 0 Å². The Kier molecular flexibility index (Phi) is 5.45.